The maximum atomic E-state index is 11.1. The Morgan fingerprint density at radius 2 is 2.27 bits per heavy atom. The van der Waals surface area contributed by atoms with E-state index in [9.17, 15) is 4.79 Å². The Labute approximate surface area is 84.2 Å². The van der Waals surface area contributed by atoms with Crippen LogP contribution in [-0.2, 0) is 0 Å². The zero-order valence-corrected chi connectivity index (χ0v) is 7.56. The molecule has 3 N–H and O–H groups in total. The maximum absolute atomic E-state index is 11.1. The molecule has 0 bridgehead atoms. The third-order valence-corrected chi connectivity index (χ3v) is 2.34. The van der Waals surface area contributed by atoms with Crippen LogP contribution in [0.15, 0.2) is 17.2 Å². The van der Waals surface area contributed by atoms with Crippen LogP contribution in [0.4, 0.5) is 5.69 Å². The first-order valence-electron chi connectivity index (χ1n) is 4.32. The summed E-state index contributed by atoms with van der Waals surface area (Å²) in [6, 6.07) is 3.54. The summed E-state index contributed by atoms with van der Waals surface area (Å²) >= 11 is 0. The number of carbonyl (C=O) groups is 1. The number of H-pyrrole nitrogens is 1. The van der Waals surface area contributed by atoms with Crippen molar-refractivity contribution in [1.29, 1.82) is 0 Å². The number of aromatic amines is 1. The fraction of sp³-hybridized carbons (Fsp3) is 0. The monoisotopic (exact) mass is 200 g/mol. The van der Waals surface area contributed by atoms with Gasteiger partial charge in [-0.15, -0.1) is 0 Å². The molecule has 2 aromatic rings. The highest BCUT2D eigenvalue weighted by Crippen LogP contribution is 2.27. The molecule has 1 amide bonds. The van der Waals surface area contributed by atoms with Crippen molar-refractivity contribution in [2.24, 2.45) is 10.8 Å². The number of carbonyl (C=O) groups excluding carboxylic acids is 1. The molecule has 1 aromatic heterocycles. The van der Waals surface area contributed by atoms with Gasteiger partial charge in [0.05, 0.1) is 17.4 Å². The molecule has 0 saturated carbocycles. The highest BCUT2D eigenvalue weighted by molar-refractivity contribution is 6.10. The highest BCUT2D eigenvalue weighted by Gasteiger charge is 2.17. The number of nitrogens with two attached hydrogens (primary N) is 1. The lowest BCUT2D eigenvalue weighted by atomic mass is 10.1. The van der Waals surface area contributed by atoms with Gasteiger partial charge >= 0.3 is 0 Å². The van der Waals surface area contributed by atoms with Gasteiger partial charge in [0, 0.05) is 10.9 Å². The van der Waals surface area contributed by atoms with Crippen molar-refractivity contribution in [3.63, 3.8) is 0 Å². The van der Waals surface area contributed by atoms with Gasteiger partial charge in [-0.25, -0.2) is 0 Å². The van der Waals surface area contributed by atoms with E-state index in [-0.39, 0.29) is 5.69 Å². The molecule has 6 nitrogen and oxygen atoms in total. The molecule has 15 heavy (non-hydrogen) atoms. The average Bonchev–Trinajstić information content (AvgIpc) is 2.82. The van der Waals surface area contributed by atoms with Crippen molar-refractivity contribution in [2.45, 2.75) is 0 Å². The summed E-state index contributed by atoms with van der Waals surface area (Å²) in [4.78, 5) is 11.1. The van der Waals surface area contributed by atoms with Gasteiger partial charge in [-0.3, -0.25) is 9.89 Å². The van der Waals surface area contributed by atoms with Crippen LogP contribution in [0.3, 0.4) is 0 Å². The molecule has 2 heterocycles. The van der Waals surface area contributed by atoms with Gasteiger partial charge in [-0.1, -0.05) is 0 Å². The van der Waals surface area contributed by atoms with E-state index in [1.165, 1.54) is 0 Å². The zero-order chi connectivity index (χ0) is 10.4. The van der Waals surface area contributed by atoms with Crippen LogP contribution in [0.25, 0.3) is 10.9 Å². The molecular formula is C9H6N5O. The van der Waals surface area contributed by atoms with Crippen molar-refractivity contribution in [1.82, 2.24) is 15.6 Å². The van der Waals surface area contributed by atoms with Crippen LogP contribution >= 0.6 is 0 Å². The number of nitrogens with zero attached hydrogens (tertiary/aromatic N) is 3. The molecule has 1 aliphatic rings. The first-order valence-corrected chi connectivity index (χ1v) is 4.32. The van der Waals surface area contributed by atoms with Crippen molar-refractivity contribution in [2.75, 3.05) is 0 Å². The van der Waals surface area contributed by atoms with Crippen LogP contribution in [0, 0.1) is 0 Å². The van der Waals surface area contributed by atoms with Gasteiger partial charge in [0.15, 0.2) is 5.69 Å². The number of nitrogens with one attached hydrogen (secondary N) is 1. The predicted molar refractivity (Wildman–Crippen MR) is 54.0 cm³/mol. The second-order valence-corrected chi connectivity index (χ2v) is 3.20. The van der Waals surface area contributed by atoms with E-state index < -0.39 is 5.91 Å². The minimum atomic E-state index is -0.548. The van der Waals surface area contributed by atoms with Crippen LogP contribution in [0.5, 0.6) is 0 Å². The van der Waals surface area contributed by atoms with Gasteiger partial charge in [0.25, 0.3) is 5.91 Å². The molecule has 73 valence electrons. The van der Waals surface area contributed by atoms with Crippen LogP contribution in [0.2, 0.25) is 0 Å². The van der Waals surface area contributed by atoms with Crippen molar-refractivity contribution >= 4 is 28.7 Å². The second kappa shape index (κ2) is 2.57. The molecule has 0 fully saturated rings. The number of hydrogen-bond acceptors (Lipinski definition) is 3. The number of benzene rings is 1. The Balaban J connectivity index is 2.39. The van der Waals surface area contributed by atoms with E-state index in [0.717, 1.165) is 16.8 Å². The zero-order valence-electron chi connectivity index (χ0n) is 7.56. The molecule has 0 aliphatic carbocycles. The highest BCUT2D eigenvalue weighted by atomic mass is 16.1. The molecular weight excluding hydrogens is 194 g/mol. The van der Waals surface area contributed by atoms with Crippen molar-refractivity contribution in [3.05, 3.63) is 23.4 Å². The molecule has 0 saturated heterocycles. The van der Waals surface area contributed by atoms with E-state index >= 15 is 0 Å². The van der Waals surface area contributed by atoms with E-state index in [2.05, 4.69) is 20.7 Å². The lowest BCUT2D eigenvalue weighted by Gasteiger charge is -1.96. The summed E-state index contributed by atoms with van der Waals surface area (Å²) in [7, 11) is 0. The summed E-state index contributed by atoms with van der Waals surface area (Å²) < 4.78 is 0. The molecule has 0 atom stereocenters. The lowest BCUT2D eigenvalue weighted by molar-refractivity contribution is 0.0997. The fourth-order valence-corrected chi connectivity index (χ4v) is 1.65. The number of fused-ring (bicyclic) bond motifs is 3. The molecule has 0 spiro atoms. The molecule has 6 heteroatoms. The van der Waals surface area contributed by atoms with Crippen LogP contribution < -0.4 is 11.2 Å². The summed E-state index contributed by atoms with van der Waals surface area (Å²) in [6.45, 7) is 0. The quantitative estimate of drug-likeness (QED) is 0.689. The fourth-order valence-electron chi connectivity index (χ4n) is 1.65. The topological polar surface area (TPSA) is 98.2 Å². The normalized spacial score (nSPS) is 12.8. The largest absolute Gasteiger partial charge is 0.364 e. The van der Waals surface area contributed by atoms with E-state index in [0.29, 0.717) is 5.39 Å². The second-order valence-electron chi connectivity index (χ2n) is 3.20. The minimum absolute atomic E-state index is 0.244. The Kier molecular flexibility index (Phi) is 1.37. The SMILES string of the molecule is NC(=O)c1n[nH]c2c3c(ccc12)[N]N=C3. The molecule has 1 radical (unpaired) electrons. The van der Waals surface area contributed by atoms with E-state index in [4.69, 9.17) is 5.73 Å². The van der Waals surface area contributed by atoms with E-state index in [1.54, 1.807) is 18.3 Å². The Hall–Kier alpha value is -2.37. The van der Waals surface area contributed by atoms with Crippen LogP contribution in [-0.4, -0.2) is 22.3 Å². The lowest BCUT2D eigenvalue weighted by Crippen LogP contribution is -2.11. The first-order chi connectivity index (χ1) is 7.27. The Bertz CT molecular complexity index is 598. The minimum Gasteiger partial charge on any atom is -0.364 e. The number of rotatable bonds is 1. The number of hydrogen-bond donors (Lipinski definition) is 2. The van der Waals surface area contributed by atoms with Gasteiger partial charge in [-0.2, -0.15) is 15.6 Å². The molecule has 3 rings (SSSR count). The predicted octanol–water partition coefficient (Wildman–Crippen LogP) is 0.245. The standard InChI is InChI=1S/C9H6N5O/c10-9(15)8-4-1-2-6-5(3-11-12-6)7(4)13-14-8/h1-3H,(H2,10,15)(H,13,14). The van der Waals surface area contributed by atoms with Crippen molar-refractivity contribution < 1.29 is 4.79 Å². The molecule has 1 aromatic carbocycles. The first kappa shape index (κ1) is 7.98. The van der Waals surface area contributed by atoms with Gasteiger partial charge in [0.2, 0.25) is 0 Å². The summed E-state index contributed by atoms with van der Waals surface area (Å²) in [5.41, 5.74) is 11.7. The van der Waals surface area contributed by atoms with Crippen LogP contribution in [0.1, 0.15) is 16.1 Å². The third-order valence-electron chi connectivity index (χ3n) is 2.34. The Morgan fingerprint density at radius 1 is 1.40 bits per heavy atom. The van der Waals surface area contributed by atoms with E-state index in [1.807, 2.05) is 0 Å². The van der Waals surface area contributed by atoms with Crippen molar-refractivity contribution in [3.8, 4) is 0 Å². The summed E-state index contributed by atoms with van der Waals surface area (Å²) in [5, 5.41) is 11.1. The molecule has 0 unspecified atom stereocenters. The number of primary amides is 1. The van der Waals surface area contributed by atoms with Gasteiger partial charge in [-0.05, 0) is 12.1 Å². The average molecular weight is 200 g/mol. The number of amides is 1. The third kappa shape index (κ3) is 0.954. The Morgan fingerprint density at radius 3 is 3.07 bits per heavy atom. The maximum Gasteiger partial charge on any atom is 0.269 e. The summed E-state index contributed by atoms with van der Waals surface area (Å²) in [5.74, 6) is -0.548. The smallest absolute Gasteiger partial charge is 0.269 e. The molecule has 1 aliphatic heterocycles. The summed E-state index contributed by atoms with van der Waals surface area (Å²) in [6.07, 6.45) is 1.63. The number of aromatic nitrogens is 2. The van der Waals surface area contributed by atoms with Gasteiger partial charge in [0.1, 0.15) is 0 Å². The van der Waals surface area contributed by atoms with Gasteiger partial charge < -0.3 is 5.73 Å².